The quantitative estimate of drug-likeness (QED) is 0.868. The standard InChI is InChI=1S/C15H21N7/c1-2-7-16-14(3-1)17-9-12-6-8-21(10-12)11-15-18-19-20-22(15)13-4-5-13/h1-3,7,12-13H,4-6,8-11H2,(H,16,17)/t12-/m1/s1. The minimum atomic E-state index is 0.550. The second-order valence-electron chi connectivity index (χ2n) is 6.26. The number of nitrogens with zero attached hydrogens (tertiary/aromatic N) is 6. The van der Waals surface area contributed by atoms with Gasteiger partial charge in [0, 0.05) is 19.3 Å². The highest BCUT2D eigenvalue weighted by molar-refractivity contribution is 5.33. The van der Waals surface area contributed by atoms with Crippen molar-refractivity contribution >= 4 is 5.82 Å². The molecule has 1 saturated carbocycles. The highest BCUT2D eigenvalue weighted by atomic mass is 15.6. The predicted octanol–water partition coefficient (Wildman–Crippen LogP) is 1.34. The number of anilines is 1. The van der Waals surface area contributed by atoms with Crippen molar-refractivity contribution in [1.29, 1.82) is 0 Å². The Kier molecular flexibility index (Phi) is 3.72. The number of tetrazole rings is 1. The van der Waals surface area contributed by atoms with Gasteiger partial charge in [-0.15, -0.1) is 5.10 Å². The van der Waals surface area contributed by atoms with Crippen LogP contribution >= 0.6 is 0 Å². The molecule has 2 aliphatic rings. The SMILES string of the molecule is c1ccc(NC[C@H]2CCN(Cc3nnnn3C3CC3)C2)nc1. The van der Waals surface area contributed by atoms with Crippen LogP contribution in [-0.2, 0) is 6.54 Å². The normalized spacial score (nSPS) is 22.1. The molecule has 0 spiro atoms. The molecule has 1 aliphatic heterocycles. The Morgan fingerprint density at radius 3 is 3.00 bits per heavy atom. The minimum absolute atomic E-state index is 0.550. The molecule has 1 saturated heterocycles. The maximum absolute atomic E-state index is 4.30. The molecular weight excluding hydrogens is 278 g/mol. The zero-order chi connectivity index (χ0) is 14.8. The molecule has 2 fully saturated rings. The fraction of sp³-hybridized carbons (Fsp3) is 0.600. The van der Waals surface area contributed by atoms with E-state index in [1.807, 2.05) is 29.1 Å². The Bertz CT molecular complexity index is 607. The van der Waals surface area contributed by atoms with Gasteiger partial charge in [0.15, 0.2) is 5.82 Å². The van der Waals surface area contributed by atoms with Crippen LogP contribution in [0.5, 0.6) is 0 Å². The Hall–Kier alpha value is -2.02. The van der Waals surface area contributed by atoms with Gasteiger partial charge in [-0.25, -0.2) is 9.67 Å². The molecule has 0 amide bonds. The van der Waals surface area contributed by atoms with Crippen molar-refractivity contribution in [3.05, 3.63) is 30.2 Å². The van der Waals surface area contributed by atoms with Crippen LogP contribution in [0.2, 0.25) is 0 Å². The summed E-state index contributed by atoms with van der Waals surface area (Å²) in [5.74, 6) is 2.63. The lowest BCUT2D eigenvalue weighted by molar-refractivity contribution is 0.302. The van der Waals surface area contributed by atoms with E-state index >= 15 is 0 Å². The smallest absolute Gasteiger partial charge is 0.165 e. The summed E-state index contributed by atoms with van der Waals surface area (Å²) in [5.41, 5.74) is 0. The first-order valence-corrected chi connectivity index (χ1v) is 8.02. The summed E-state index contributed by atoms with van der Waals surface area (Å²) in [6.45, 7) is 4.05. The average Bonchev–Trinajstić information content (AvgIpc) is 3.13. The van der Waals surface area contributed by atoms with Crippen molar-refractivity contribution in [1.82, 2.24) is 30.1 Å². The van der Waals surface area contributed by atoms with Crippen molar-refractivity contribution in [2.75, 3.05) is 25.0 Å². The van der Waals surface area contributed by atoms with Crippen LogP contribution in [0.15, 0.2) is 24.4 Å². The monoisotopic (exact) mass is 299 g/mol. The number of likely N-dealkylation sites (tertiary alicyclic amines) is 1. The number of hydrogen-bond acceptors (Lipinski definition) is 6. The summed E-state index contributed by atoms with van der Waals surface area (Å²) in [5, 5.41) is 15.6. The first kappa shape index (κ1) is 13.6. The fourth-order valence-corrected chi connectivity index (χ4v) is 3.06. The van der Waals surface area contributed by atoms with Crippen molar-refractivity contribution in [3.8, 4) is 0 Å². The van der Waals surface area contributed by atoms with Crippen molar-refractivity contribution in [3.63, 3.8) is 0 Å². The molecule has 22 heavy (non-hydrogen) atoms. The van der Waals surface area contributed by atoms with Gasteiger partial charge in [0.1, 0.15) is 5.82 Å². The molecule has 7 heteroatoms. The van der Waals surface area contributed by atoms with Gasteiger partial charge in [-0.1, -0.05) is 6.07 Å². The third-order valence-electron chi connectivity index (χ3n) is 4.43. The van der Waals surface area contributed by atoms with E-state index in [4.69, 9.17) is 0 Å². The lowest BCUT2D eigenvalue weighted by Crippen LogP contribution is -2.24. The first-order chi connectivity index (χ1) is 10.9. The molecule has 1 N–H and O–H groups in total. The van der Waals surface area contributed by atoms with Gasteiger partial charge in [0.05, 0.1) is 12.6 Å². The summed E-state index contributed by atoms with van der Waals surface area (Å²) in [7, 11) is 0. The second-order valence-corrected chi connectivity index (χ2v) is 6.26. The van der Waals surface area contributed by atoms with E-state index in [2.05, 4.69) is 30.7 Å². The van der Waals surface area contributed by atoms with Crippen LogP contribution in [-0.4, -0.2) is 49.7 Å². The molecule has 4 rings (SSSR count). The highest BCUT2D eigenvalue weighted by Gasteiger charge is 2.29. The first-order valence-electron chi connectivity index (χ1n) is 8.02. The van der Waals surface area contributed by atoms with Crippen molar-refractivity contribution in [2.24, 2.45) is 5.92 Å². The summed E-state index contributed by atoms with van der Waals surface area (Å²) in [6.07, 6.45) is 5.47. The Balaban J connectivity index is 1.28. The van der Waals surface area contributed by atoms with E-state index in [-0.39, 0.29) is 0 Å². The van der Waals surface area contributed by atoms with Crippen LogP contribution in [0, 0.1) is 5.92 Å². The van der Waals surface area contributed by atoms with E-state index in [0.29, 0.717) is 12.0 Å². The summed E-state index contributed by atoms with van der Waals surface area (Å²) >= 11 is 0. The summed E-state index contributed by atoms with van der Waals surface area (Å²) < 4.78 is 2.01. The molecule has 7 nitrogen and oxygen atoms in total. The van der Waals surface area contributed by atoms with Gasteiger partial charge < -0.3 is 5.32 Å². The van der Waals surface area contributed by atoms with Crippen molar-refractivity contribution in [2.45, 2.75) is 31.8 Å². The molecule has 1 atom stereocenters. The summed E-state index contributed by atoms with van der Waals surface area (Å²) in [6, 6.07) is 6.51. The summed E-state index contributed by atoms with van der Waals surface area (Å²) in [4.78, 5) is 6.76. The van der Waals surface area contributed by atoms with Crippen LogP contribution in [0.1, 0.15) is 31.1 Å². The Labute approximate surface area is 129 Å². The van der Waals surface area contributed by atoms with Gasteiger partial charge in [-0.05, 0) is 54.3 Å². The maximum Gasteiger partial charge on any atom is 0.165 e. The largest absolute Gasteiger partial charge is 0.370 e. The fourth-order valence-electron chi connectivity index (χ4n) is 3.06. The van der Waals surface area contributed by atoms with Gasteiger partial charge in [0.2, 0.25) is 0 Å². The molecule has 0 aromatic carbocycles. The lowest BCUT2D eigenvalue weighted by Gasteiger charge is -2.16. The average molecular weight is 299 g/mol. The second kappa shape index (κ2) is 6.00. The van der Waals surface area contributed by atoms with Gasteiger partial charge in [0.25, 0.3) is 0 Å². The van der Waals surface area contributed by atoms with Crippen molar-refractivity contribution < 1.29 is 0 Å². The number of rotatable bonds is 6. The molecular formula is C15H21N7. The number of aromatic nitrogens is 5. The molecule has 2 aromatic heterocycles. The number of pyridine rings is 1. The van der Waals surface area contributed by atoms with E-state index in [0.717, 1.165) is 37.8 Å². The number of nitrogens with one attached hydrogen (secondary N) is 1. The minimum Gasteiger partial charge on any atom is -0.370 e. The highest BCUT2D eigenvalue weighted by Crippen LogP contribution is 2.34. The Morgan fingerprint density at radius 1 is 1.23 bits per heavy atom. The van der Waals surface area contributed by atoms with E-state index in [9.17, 15) is 0 Å². The van der Waals surface area contributed by atoms with Crippen LogP contribution in [0.25, 0.3) is 0 Å². The zero-order valence-electron chi connectivity index (χ0n) is 12.6. The van der Waals surface area contributed by atoms with Gasteiger partial charge in [-0.3, -0.25) is 4.90 Å². The molecule has 116 valence electrons. The maximum atomic E-state index is 4.30. The van der Waals surface area contributed by atoms with Gasteiger partial charge in [-0.2, -0.15) is 0 Å². The molecule has 2 aromatic rings. The van der Waals surface area contributed by atoms with E-state index < -0.39 is 0 Å². The Morgan fingerprint density at radius 2 is 2.18 bits per heavy atom. The zero-order valence-corrected chi connectivity index (χ0v) is 12.6. The molecule has 0 radical (unpaired) electrons. The predicted molar refractivity (Wildman–Crippen MR) is 82.2 cm³/mol. The van der Waals surface area contributed by atoms with Crippen LogP contribution in [0.4, 0.5) is 5.82 Å². The lowest BCUT2D eigenvalue weighted by atomic mass is 10.1. The van der Waals surface area contributed by atoms with E-state index in [1.165, 1.54) is 19.3 Å². The third-order valence-corrected chi connectivity index (χ3v) is 4.43. The molecule has 0 bridgehead atoms. The van der Waals surface area contributed by atoms with Crippen LogP contribution in [0.3, 0.4) is 0 Å². The number of hydrogen-bond donors (Lipinski definition) is 1. The molecule has 3 heterocycles. The van der Waals surface area contributed by atoms with E-state index in [1.54, 1.807) is 0 Å². The van der Waals surface area contributed by atoms with Crippen LogP contribution < -0.4 is 5.32 Å². The van der Waals surface area contributed by atoms with Gasteiger partial charge >= 0.3 is 0 Å². The molecule has 0 unspecified atom stereocenters. The topological polar surface area (TPSA) is 71.8 Å². The third kappa shape index (κ3) is 3.09. The molecule has 1 aliphatic carbocycles.